The van der Waals surface area contributed by atoms with Crippen molar-refractivity contribution in [3.63, 3.8) is 0 Å². The maximum Gasteiger partial charge on any atom is 0.0402 e. The molecule has 56 valence electrons. The lowest BCUT2D eigenvalue weighted by molar-refractivity contribution is 0.795. The van der Waals surface area contributed by atoms with Gasteiger partial charge in [-0.2, -0.15) is 0 Å². The smallest absolute Gasteiger partial charge is 0.0402 e. The second-order valence-corrected chi connectivity index (χ2v) is 2.90. The lowest BCUT2D eigenvalue weighted by Crippen LogP contribution is -1.87. The van der Waals surface area contributed by atoms with Crippen LogP contribution in [0.15, 0.2) is 35.9 Å². The van der Waals surface area contributed by atoms with Crippen molar-refractivity contribution in [2.24, 2.45) is 5.92 Å². The van der Waals surface area contributed by atoms with Crippen LogP contribution in [0.1, 0.15) is 13.8 Å². The number of rotatable bonds is 3. The molecule has 0 rings (SSSR count). The van der Waals surface area contributed by atoms with Gasteiger partial charge in [0.05, 0.1) is 0 Å². The van der Waals surface area contributed by atoms with Crippen LogP contribution in [0.5, 0.6) is 0 Å². The molecule has 0 atom stereocenters. The Morgan fingerprint density at radius 3 is 2.30 bits per heavy atom. The van der Waals surface area contributed by atoms with Gasteiger partial charge in [-0.05, 0) is 12.0 Å². The third kappa shape index (κ3) is 3.52. The summed E-state index contributed by atoms with van der Waals surface area (Å²) in [6, 6.07) is 0. The summed E-state index contributed by atoms with van der Waals surface area (Å²) in [5.74, 6) is 0.452. The van der Waals surface area contributed by atoms with E-state index in [0.29, 0.717) is 11.0 Å². The summed E-state index contributed by atoms with van der Waals surface area (Å²) in [5.41, 5.74) is 1.03. The predicted molar refractivity (Wildman–Crippen MR) is 48.1 cm³/mol. The third-order valence-corrected chi connectivity index (χ3v) is 1.52. The van der Waals surface area contributed by atoms with Crippen molar-refractivity contribution in [1.82, 2.24) is 0 Å². The average molecular weight is 157 g/mol. The van der Waals surface area contributed by atoms with E-state index in [1.54, 1.807) is 6.08 Å². The maximum absolute atomic E-state index is 5.69. The molecule has 0 saturated carbocycles. The van der Waals surface area contributed by atoms with Crippen molar-refractivity contribution in [2.45, 2.75) is 13.8 Å². The third-order valence-electron chi connectivity index (χ3n) is 1.26. The van der Waals surface area contributed by atoms with Gasteiger partial charge in [-0.25, -0.2) is 0 Å². The standard InChI is InChI=1S/C9H13Cl/c1-5-9(10)6-8(4)7(2)3/h5-7H,1,4H2,2-3H3/b9-6+. The molecule has 0 N–H and O–H groups in total. The van der Waals surface area contributed by atoms with E-state index in [-0.39, 0.29) is 0 Å². The Hall–Kier alpha value is -0.490. The molecule has 0 aromatic rings. The van der Waals surface area contributed by atoms with Crippen molar-refractivity contribution in [2.75, 3.05) is 0 Å². The minimum atomic E-state index is 0.452. The Morgan fingerprint density at radius 1 is 1.50 bits per heavy atom. The largest absolute Gasteiger partial charge is 0.0976 e. The van der Waals surface area contributed by atoms with Crippen molar-refractivity contribution >= 4 is 11.6 Å². The zero-order chi connectivity index (χ0) is 8.15. The van der Waals surface area contributed by atoms with Crippen LogP contribution in [0.4, 0.5) is 0 Å². The summed E-state index contributed by atoms with van der Waals surface area (Å²) < 4.78 is 0. The first kappa shape index (κ1) is 9.51. The van der Waals surface area contributed by atoms with Gasteiger partial charge in [0, 0.05) is 5.03 Å². The Morgan fingerprint density at radius 2 is 2.00 bits per heavy atom. The van der Waals surface area contributed by atoms with Crippen molar-refractivity contribution < 1.29 is 0 Å². The second kappa shape index (κ2) is 4.35. The molecule has 0 bridgehead atoms. The van der Waals surface area contributed by atoms with Crippen LogP contribution in [0.3, 0.4) is 0 Å². The number of hydrogen-bond donors (Lipinski definition) is 0. The first-order valence-corrected chi connectivity index (χ1v) is 3.64. The summed E-state index contributed by atoms with van der Waals surface area (Å²) in [6.45, 7) is 11.5. The normalized spacial score (nSPS) is 11.8. The highest BCUT2D eigenvalue weighted by Gasteiger charge is 1.95. The number of allylic oxidation sites excluding steroid dienone is 4. The van der Waals surface area contributed by atoms with E-state index in [1.165, 1.54) is 0 Å². The van der Waals surface area contributed by atoms with Crippen molar-refractivity contribution in [3.8, 4) is 0 Å². The first-order chi connectivity index (χ1) is 4.57. The lowest BCUT2D eigenvalue weighted by atomic mass is 10.1. The number of hydrogen-bond acceptors (Lipinski definition) is 0. The van der Waals surface area contributed by atoms with Crippen LogP contribution in [0.25, 0.3) is 0 Å². The number of halogens is 1. The van der Waals surface area contributed by atoms with Crippen LogP contribution in [-0.4, -0.2) is 0 Å². The summed E-state index contributed by atoms with van der Waals surface area (Å²) in [6.07, 6.45) is 3.44. The molecule has 0 radical (unpaired) electrons. The fourth-order valence-corrected chi connectivity index (χ4v) is 0.543. The minimum Gasteiger partial charge on any atom is -0.0976 e. The summed E-state index contributed by atoms with van der Waals surface area (Å²) in [5, 5.41) is 0.652. The lowest BCUT2D eigenvalue weighted by Gasteiger charge is -2.02. The predicted octanol–water partition coefficient (Wildman–Crippen LogP) is 3.51. The van der Waals surface area contributed by atoms with Crippen LogP contribution >= 0.6 is 11.6 Å². The highest BCUT2D eigenvalue weighted by molar-refractivity contribution is 6.31. The molecular weight excluding hydrogens is 144 g/mol. The van der Waals surface area contributed by atoms with E-state index in [1.807, 2.05) is 6.08 Å². The molecule has 0 amide bonds. The Balaban J connectivity index is 4.13. The first-order valence-electron chi connectivity index (χ1n) is 3.26. The van der Waals surface area contributed by atoms with Gasteiger partial charge in [0.15, 0.2) is 0 Å². The quantitative estimate of drug-likeness (QED) is 0.549. The Bertz CT molecular complexity index is 164. The molecule has 0 unspecified atom stereocenters. The summed E-state index contributed by atoms with van der Waals surface area (Å²) in [4.78, 5) is 0. The van der Waals surface area contributed by atoms with Crippen LogP contribution in [-0.2, 0) is 0 Å². The minimum absolute atomic E-state index is 0.452. The van der Waals surface area contributed by atoms with Crippen molar-refractivity contribution in [1.29, 1.82) is 0 Å². The molecule has 0 aliphatic rings. The molecule has 10 heavy (non-hydrogen) atoms. The average Bonchev–Trinajstić information content (AvgIpc) is 1.87. The SMILES string of the molecule is C=C/C(Cl)=C\C(=C)C(C)C. The van der Waals surface area contributed by atoms with E-state index in [9.17, 15) is 0 Å². The van der Waals surface area contributed by atoms with Gasteiger partial charge in [0.1, 0.15) is 0 Å². The molecule has 0 aromatic heterocycles. The van der Waals surface area contributed by atoms with Crippen LogP contribution < -0.4 is 0 Å². The van der Waals surface area contributed by atoms with E-state index >= 15 is 0 Å². The fourth-order valence-electron chi connectivity index (χ4n) is 0.403. The highest BCUT2D eigenvalue weighted by atomic mass is 35.5. The van der Waals surface area contributed by atoms with Crippen LogP contribution in [0.2, 0.25) is 0 Å². The van der Waals surface area contributed by atoms with Crippen molar-refractivity contribution in [3.05, 3.63) is 35.9 Å². The van der Waals surface area contributed by atoms with Gasteiger partial charge in [-0.15, -0.1) is 0 Å². The Kier molecular flexibility index (Phi) is 4.13. The van der Waals surface area contributed by atoms with Gasteiger partial charge in [0.25, 0.3) is 0 Å². The fraction of sp³-hybridized carbons (Fsp3) is 0.333. The van der Waals surface area contributed by atoms with Gasteiger partial charge in [-0.1, -0.05) is 50.3 Å². The molecule has 0 saturated heterocycles. The summed E-state index contributed by atoms with van der Waals surface area (Å²) >= 11 is 5.69. The molecule has 0 aliphatic carbocycles. The second-order valence-electron chi connectivity index (χ2n) is 2.46. The van der Waals surface area contributed by atoms with E-state index in [2.05, 4.69) is 27.0 Å². The van der Waals surface area contributed by atoms with E-state index in [0.717, 1.165) is 5.57 Å². The maximum atomic E-state index is 5.69. The van der Waals surface area contributed by atoms with Gasteiger partial charge < -0.3 is 0 Å². The zero-order valence-electron chi connectivity index (χ0n) is 6.52. The molecule has 0 nitrogen and oxygen atoms in total. The van der Waals surface area contributed by atoms with Gasteiger partial charge in [0.2, 0.25) is 0 Å². The van der Waals surface area contributed by atoms with Gasteiger partial charge >= 0.3 is 0 Å². The summed E-state index contributed by atoms with van der Waals surface area (Å²) in [7, 11) is 0. The molecular formula is C9H13Cl. The van der Waals surface area contributed by atoms with E-state index < -0.39 is 0 Å². The van der Waals surface area contributed by atoms with Crippen LogP contribution in [0, 0.1) is 5.92 Å². The topological polar surface area (TPSA) is 0 Å². The molecule has 0 heterocycles. The molecule has 0 aromatic carbocycles. The van der Waals surface area contributed by atoms with E-state index in [4.69, 9.17) is 11.6 Å². The van der Waals surface area contributed by atoms with Gasteiger partial charge in [-0.3, -0.25) is 0 Å². The zero-order valence-corrected chi connectivity index (χ0v) is 7.28. The monoisotopic (exact) mass is 156 g/mol. The Labute approximate surface area is 67.9 Å². The highest BCUT2D eigenvalue weighted by Crippen LogP contribution is 2.13. The molecule has 0 fully saturated rings. The molecule has 0 aliphatic heterocycles. The molecule has 0 spiro atoms. The molecule has 1 heteroatoms.